The van der Waals surface area contributed by atoms with Gasteiger partial charge in [0.05, 0.1) is 0 Å². The summed E-state index contributed by atoms with van der Waals surface area (Å²) < 4.78 is 0. The number of aliphatic carboxylic acids is 1. The Morgan fingerprint density at radius 2 is 2.11 bits per heavy atom. The van der Waals surface area contributed by atoms with Gasteiger partial charge in [-0.1, -0.05) is 39.3 Å². The molecular weight excluding hydrogens is 236 g/mol. The normalized spacial score (nSPS) is 23.6. The van der Waals surface area contributed by atoms with Gasteiger partial charge in [0, 0.05) is 6.42 Å². The summed E-state index contributed by atoms with van der Waals surface area (Å²) in [5, 5.41) is 9.10. The van der Waals surface area contributed by atoms with Gasteiger partial charge in [-0.15, -0.1) is 0 Å². The van der Waals surface area contributed by atoms with Gasteiger partial charge >= 0.3 is 5.97 Å². The average Bonchev–Trinajstić information content (AvgIpc) is 2.27. The van der Waals surface area contributed by atoms with Gasteiger partial charge in [0.25, 0.3) is 0 Å². The van der Waals surface area contributed by atoms with E-state index in [-0.39, 0.29) is 11.3 Å². The highest BCUT2D eigenvalue weighted by Crippen LogP contribution is 2.39. The van der Waals surface area contributed by atoms with Gasteiger partial charge in [-0.25, -0.2) is 0 Å². The van der Waals surface area contributed by atoms with Crippen LogP contribution in [-0.4, -0.2) is 11.1 Å². The Morgan fingerprint density at radius 1 is 1.47 bits per heavy atom. The van der Waals surface area contributed by atoms with Gasteiger partial charge in [-0.3, -0.25) is 4.79 Å². The minimum absolute atomic E-state index is 0.0765. The maximum Gasteiger partial charge on any atom is 0.303 e. The van der Waals surface area contributed by atoms with Crippen molar-refractivity contribution in [2.24, 2.45) is 23.2 Å². The Morgan fingerprint density at radius 3 is 2.53 bits per heavy atom. The van der Waals surface area contributed by atoms with Crippen molar-refractivity contribution in [2.75, 3.05) is 0 Å². The number of hydrogen-bond donors (Lipinski definition) is 1. The molecule has 1 aliphatic rings. The molecule has 2 heteroatoms. The number of carboxylic acid groups (broad SMARTS) is 1. The molecule has 1 rings (SSSR count). The first-order valence-electron chi connectivity index (χ1n) is 7.57. The van der Waals surface area contributed by atoms with Crippen LogP contribution in [-0.2, 0) is 4.79 Å². The van der Waals surface area contributed by atoms with Gasteiger partial charge in [0.15, 0.2) is 0 Å². The summed E-state index contributed by atoms with van der Waals surface area (Å²) in [5.74, 6) is 0.966. The number of carbonyl (C=O) groups is 1. The fourth-order valence-electron chi connectivity index (χ4n) is 3.10. The summed E-state index contributed by atoms with van der Waals surface area (Å²) in [6.07, 6.45) is 7.37. The van der Waals surface area contributed by atoms with Crippen molar-refractivity contribution in [2.45, 2.75) is 66.7 Å². The zero-order valence-electron chi connectivity index (χ0n) is 13.2. The maximum atomic E-state index is 11.0. The Hall–Kier alpha value is -0.790. The smallest absolute Gasteiger partial charge is 0.303 e. The molecule has 0 fully saturated rings. The molecule has 0 saturated heterocycles. The van der Waals surface area contributed by atoms with E-state index in [9.17, 15) is 4.79 Å². The van der Waals surface area contributed by atoms with Gasteiger partial charge in [0.2, 0.25) is 0 Å². The fourth-order valence-corrected chi connectivity index (χ4v) is 3.10. The fraction of sp³-hybridized carbons (Fsp3) is 0.824. The lowest BCUT2D eigenvalue weighted by Crippen LogP contribution is -2.27. The highest BCUT2D eigenvalue weighted by molar-refractivity contribution is 5.67. The Balaban J connectivity index is 2.61. The second-order valence-corrected chi connectivity index (χ2v) is 7.46. The largest absolute Gasteiger partial charge is 0.481 e. The third-order valence-corrected chi connectivity index (χ3v) is 4.79. The van der Waals surface area contributed by atoms with Crippen LogP contribution in [0.5, 0.6) is 0 Å². The molecule has 0 spiro atoms. The van der Waals surface area contributed by atoms with E-state index < -0.39 is 5.97 Å². The molecule has 0 bridgehead atoms. The molecule has 1 aliphatic carbocycles. The standard InChI is InChI=1S/C17H30O2/c1-12-6-8-14(9-7-12)13(2)10-15(11-16(18)19)17(3,4)5/h6,13-15H,7-11H2,1-5H3,(H,18,19). The van der Waals surface area contributed by atoms with Crippen molar-refractivity contribution in [3.05, 3.63) is 11.6 Å². The van der Waals surface area contributed by atoms with E-state index >= 15 is 0 Å². The molecular formula is C17H30O2. The van der Waals surface area contributed by atoms with Crippen LogP contribution in [0, 0.1) is 23.2 Å². The Labute approximate surface area is 118 Å². The van der Waals surface area contributed by atoms with Crippen LogP contribution in [0.15, 0.2) is 11.6 Å². The number of carboxylic acids is 1. The van der Waals surface area contributed by atoms with Crippen LogP contribution in [0.4, 0.5) is 0 Å². The summed E-state index contributed by atoms with van der Waals surface area (Å²) in [7, 11) is 0. The van der Waals surface area contributed by atoms with Crippen LogP contribution in [0.3, 0.4) is 0 Å². The molecule has 19 heavy (non-hydrogen) atoms. The summed E-state index contributed by atoms with van der Waals surface area (Å²) in [6, 6.07) is 0. The molecule has 1 N–H and O–H groups in total. The molecule has 110 valence electrons. The number of rotatable bonds is 5. The van der Waals surface area contributed by atoms with Crippen molar-refractivity contribution < 1.29 is 9.90 Å². The molecule has 0 saturated carbocycles. The lowest BCUT2D eigenvalue weighted by Gasteiger charge is -2.35. The molecule has 3 atom stereocenters. The molecule has 0 aromatic heterocycles. The van der Waals surface area contributed by atoms with E-state index in [1.165, 1.54) is 24.8 Å². The third kappa shape index (κ3) is 5.38. The van der Waals surface area contributed by atoms with E-state index in [1.807, 2.05) is 0 Å². The highest BCUT2D eigenvalue weighted by atomic mass is 16.4. The van der Waals surface area contributed by atoms with Gasteiger partial charge in [0.1, 0.15) is 0 Å². The van der Waals surface area contributed by atoms with Crippen molar-refractivity contribution in [3.8, 4) is 0 Å². The molecule has 0 aromatic rings. The molecule has 0 aromatic carbocycles. The van der Waals surface area contributed by atoms with E-state index in [1.54, 1.807) is 0 Å². The predicted octanol–water partition coefficient (Wildman–Crippen LogP) is 4.90. The van der Waals surface area contributed by atoms with Gasteiger partial charge in [-0.05, 0) is 55.8 Å². The average molecular weight is 266 g/mol. The molecule has 3 unspecified atom stereocenters. The van der Waals surface area contributed by atoms with Crippen molar-refractivity contribution in [3.63, 3.8) is 0 Å². The minimum Gasteiger partial charge on any atom is -0.481 e. The van der Waals surface area contributed by atoms with Gasteiger partial charge in [-0.2, -0.15) is 0 Å². The van der Waals surface area contributed by atoms with E-state index in [0.29, 0.717) is 12.3 Å². The second kappa shape index (κ2) is 6.58. The maximum absolute atomic E-state index is 11.0. The van der Waals surface area contributed by atoms with Crippen LogP contribution >= 0.6 is 0 Å². The second-order valence-electron chi connectivity index (χ2n) is 7.46. The van der Waals surface area contributed by atoms with Gasteiger partial charge < -0.3 is 5.11 Å². The van der Waals surface area contributed by atoms with Crippen LogP contribution in [0.25, 0.3) is 0 Å². The van der Waals surface area contributed by atoms with Crippen molar-refractivity contribution >= 4 is 5.97 Å². The minimum atomic E-state index is -0.661. The zero-order valence-corrected chi connectivity index (χ0v) is 13.2. The van der Waals surface area contributed by atoms with Crippen molar-refractivity contribution in [1.29, 1.82) is 0 Å². The highest BCUT2D eigenvalue weighted by Gasteiger charge is 2.30. The molecule has 0 heterocycles. The summed E-state index contributed by atoms with van der Waals surface area (Å²) in [6.45, 7) is 11.0. The predicted molar refractivity (Wildman–Crippen MR) is 80.1 cm³/mol. The first-order chi connectivity index (χ1) is 8.70. The first kappa shape index (κ1) is 16.3. The summed E-state index contributed by atoms with van der Waals surface area (Å²) in [5.41, 5.74) is 1.59. The van der Waals surface area contributed by atoms with E-state index in [2.05, 4.69) is 40.7 Å². The quantitative estimate of drug-likeness (QED) is 0.719. The monoisotopic (exact) mass is 266 g/mol. The van der Waals surface area contributed by atoms with Crippen LogP contribution in [0.1, 0.15) is 66.7 Å². The third-order valence-electron chi connectivity index (χ3n) is 4.79. The molecule has 0 amide bonds. The van der Waals surface area contributed by atoms with E-state index in [4.69, 9.17) is 5.11 Å². The summed E-state index contributed by atoms with van der Waals surface area (Å²) in [4.78, 5) is 11.0. The lowest BCUT2D eigenvalue weighted by molar-refractivity contribution is -0.139. The first-order valence-corrected chi connectivity index (χ1v) is 7.57. The SMILES string of the molecule is CC1=CCC(C(C)CC(CC(=O)O)C(C)(C)C)CC1. The van der Waals surface area contributed by atoms with Crippen LogP contribution in [0.2, 0.25) is 0 Å². The zero-order chi connectivity index (χ0) is 14.6. The Bertz CT molecular complexity index is 336. The topological polar surface area (TPSA) is 37.3 Å². The summed E-state index contributed by atoms with van der Waals surface area (Å²) >= 11 is 0. The number of allylic oxidation sites excluding steroid dienone is 2. The molecule has 2 nitrogen and oxygen atoms in total. The molecule has 0 radical (unpaired) electrons. The van der Waals surface area contributed by atoms with Crippen LogP contribution < -0.4 is 0 Å². The van der Waals surface area contributed by atoms with E-state index in [0.717, 1.165) is 12.3 Å². The van der Waals surface area contributed by atoms with Crippen molar-refractivity contribution in [1.82, 2.24) is 0 Å². The lowest BCUT2D eigenvalue weighted by atomic mass is 9.70. The Kier molecular flexibility index (Phi) is 5.64. The number of hydrogen-bond acceptors (Lipinski definition) is 1. The molecule has 0 aliphatic heterocycles.